The first-order chi connectivity index (χ1) is 13.7. The fourth-order valence-corrected chi connectivity index (χ4v) is 3.69. The van der Waals surface area contributed by atoms with Crippen LogP contribution < -0.4 is 16.0 Å². The standard InChI is InChI=1S/C20H25FN6O/c1-13-12-27(6-5-23-13)20-18(10-22-11-19(20)28-2)26-9-14-7-16-17(8-15(14)21)25-4-3-24-16/h3-4,7-8,10,13,22-23,26H,5-6,9,11-12H2,1-2H3. The lowest BCUT2D eigenvalue weighted by atomic mass is 10.1. The first-order valence-electron chi connectivity index (χ1n) is 9.48. The molecular formula is C20H25FN6O. The molecule has 148 valence electrons. The number of halogens is 1. The Morgan fingerprint density at radius 1 is 1.29 bits per heavy atom. The average Bonchev–Trinajstić information content (AvgIpc) is 2.71. The number of hydrogen-bond donors (Lipinski definition) is 3. The number of piperazine rings is 1. The maximum atomic E-state index is 14.5. The van der Waals surface area contributed by atoms with Crippen LogP contribution in [0.4, 0.5) is 4.39 Å². The summed E-state index contributed by atoms with van der Waals surface area (Å²) in [5.74, 6) is 0.585. The largest absolute Gasteiger partial charge is 0.497 e. The molecule has 7 nitrogen and oxygen atoms in total. The zero-order chi connectivity index (χ0) is 19.5. The molecule has 0 amide bonds. The van der Waals surface area contributed by atoms with E-state index in [9.17, 15) is 4.39 Å². The van der Waals surface area contributed by atoms with Crippen molar-refractivity contribution in [1.82, 2.24) is 30.8 Å². The Morgan fingerprint density at radius 3 is 2.82 bits per heavy atom. The number of aromatic nitrogens is 2. The van der Waals surface area contributed by atoms with E-state index in [1.165, 1.54) is 6.07 Å². The van der Waals surface area contributed by atoms with Gasteiger partial charge in [0.25, 0.3) is 0 Å². The van der Waals surface area contributed by atoms with Gasteiger partial charge in [-0.15, -0.1) is 0 Å². The lowest BCUT2D eigenvalue weighted by Gasteiger charge is -2.38. The second-order valence-corrected chi connectivity index (χ2v) is 7.06. The van der Waals surface area contributed by atoms with Gasteiger partial charge in [0.1, 0.15) is 17.3 Å². The van der Waals surface area contributed by atoms with Crippen molar-refractivity contribution in [2.45, 2.75) is 19.5 Å². The summed E-state index contributed by atoms with van der Waals surface area (Å²) >= 11 is 0. The first kappa shape index (κ1) is 18.5. The maximum Gasteiger partial charge on any atom is 0.140 e. The molecule has 8 heteroatoms. The minimum atomic E-state index is -0.293. The van der Waals surface area contributed by atoms with E-state index < -0.39 is 0 Å². The van der Waals surface area contributed by atoms with E-state index in [0.29, 0.717) is 35.7 Å². The average molecular weight is 384 g/mol. The summed E-state index contributed by atoms with van der Waals surface area (Å²) in [6.07, 6.45) is 5.11. The molecule has 0 spiro atoms. The van der Waals surface area contributed by atoms with Gasteiger partial charge in [0.05, 0.1) is 30.4 Å². The highest BCUT2D eigenvalue weighted by Crippen LogP contribution is 2.23. The number of dihydropyridines is 1. The van der Waals surface area contributed by atoms with Crippen molar-refractivity contribution >= 4 is 11.0 Å². The molecule has 0 saturated carbocycles. The Hall–Kier alpha value is -2.87. The SMILES string of the molecule is COC1=C(N2CCNC(C)C2)C(NCc2cc3nccnc3cc2F)=CNC1. The molecule has 3 heterocycles. The van der Waals surface area contributed by atoms with Crippen LogP contribution in [0.1, 0.15) is 12.5 Å². The van der Waals surface area contributed by atoms with Crippen LogP contribution in [-0.2, 0) is 11.3 Å². The van der Waals surface area contributed by atoms with Crippen molar-refractivity contribution in [3.05, 3.63) is 59.3 Å². The summed E-state index contributed by atoms with van der Waals surface area (Å²) in [5.41, 5.74) is 3.72. The molecule has 1 atom stereocenters. The molecule has 2 aliphatic heterocycles. The summed E-state index contributed by atoms with van der Waals surface area (Å²) in [6, 6.07) is 3.57. The highest BCUT2D eigenvalue weighted by Gasteiger charge is 2.26. The second kappa shape index (κ2) is 8.02. The lowest BCUT2D eigenvalue weighted by Crippen LogP contribution is -2.50. The Labute approximate surface area is 163 Å². The molecule has 1 unspecified atom stereocenters. The molecule has 1 fully saturated rings. The highest BCUT2D eigenvalue weighted by atomic mass is 19.1. The van der Waals surface area contributed by atoms with Gasteiger partial charge in [-0.1, -0.05) is 0 Å². The van der Waals surface area contributed by atoms with E-state index in [0.717, 1.165) is 36.8 Å². The monoisotopic (exact) mass is 384 g/mol. The van der Waals surface area contributed by atoms with Crippen LogP contribution >= 0.6 is 0 Å². The number of methoxy groups -OCH3 is 1. The van der Waals surface area contributed by atoms with Gasteiger partial charge in [0.2, 0.25) is 0 Å². The normalized spacial score (nSPS) is 20.0. The molecule has 28 heavy (non-hydrogen) atoms. The molecule has 1 saturated heterocycles. The molecule has 0 bridgehead atoms. The highest BCUT2D eigenvalue weighted by molar-refractivity contribution is 5.74. The number of nitrogens with zero attached hydrogens (tertiary/aromatic N) is 3. The van der Waals surface area contributed by atoms with Crippen molar-refractivity contribution in [2.24, 2.45) is 0 Å². The summed E-state index contributed by atoms with van der Waals surface area (Å²) in [7, 11) is 1.69. The van der Waals surface area contributed by atoms with E-state index in [-0.39, 0.29) is 5.82 Å². The molecule has 2 aliphatic rings. The molecule has 0 radical (unpaired) electrons. The predicted molar refractivity (Wildman–Crippen MR) is 105 cm³/mol. The number of nitrogens with one attached hydrogen (secondary N) is 3. The minimum absolute atomic E-state index is 0.293. The van der Waals surface area contributed by atoms with Gasteiger partial charge in [0.15, 0.2) is 0 Å². The van der Waals surface area contributed by atoms with Gasteiger partial charge in [-0.2, -0.15) is 0 Å². The zero-order valence-corrected chi connectivity index (χ0v) is 16.1. The van der Waals surface area contributed by atoms with Gasteiger partial charge < -0.3 is 25.6 Å². The maximum absolute atomic E-state index is 14.5. The number of benzene rings is 1. The predicted octanol–water partition coefficient (Wildman–Crippen LogP) is 1.45. The summed E-state index contributed by atoms with van der Waals surface area (Å²) < 4.78 is 20.2. The van der Waals surface area contributed by atoms with Gasteiger partial charge in [-0.3, -0.25) is 9.97 Å². The number of rotatable bonds is 5. The van der Waals surface area contributed by atoms with Crippen LogP contribution in [0.2, 0.25) is 0 Å². The van der Waals surface area contributed by atoms with Crippen molar-refractivity contribution in [3.8, 4) is 0 Å². The van der Waals surface area contributed by atoms with E-state index >= 15 is 0 Å². The quantitative estimate of drug-likeness (QED) is 0.721. The number of hydrogen-bond acceptors (Lipinski definition) is 7. The molecule has 2 aromatic rings. The lowest BCUT2D eigenvalue weighted by molar-refractivity contribution is 0.216. The van der Waals surface area contributed by atoms with Gasteiger partial charge in [-0.25, -0.2) is 4.39 Å². The molecule has 1 aromatic carbocycles. The Kier molecular flexibility index (Phi) is 5.29. The fourth-order valence-electron chi connectivity index (χ4n) is 3.69. The minimum Gasteiger partial charge on any atom is -0.497 e. The van der Waals surface area contributed by atoms with Crippen molar-refractivity contribution in [2.75, 3.05) is 33.3 Å². The van der Waals surface area contributed by atoms with Crippen molar-refractivity contribution in [3.63, 3.8) is 0 Å². The van der Waals surface area contributed by atoms with Gasteiger partial charge in [-0.05, 0) is 13.0 Å². The van der Waals surface area contributed by atoms with Crippen LogP contribution in [0, 0.1) is 5.82 Å². The van der Waals surface area contributed by atoms with E-state index in [2.05, 4.69) is 37.7 Å². The van der Waals surface area contributed by atoms with E-state index in [4.69, 9.17) is 4.74 Å². The van der Waals surface area contributed by atoms with E-state index in [1.807, 2.05) is 6.20 Å². The van der Waals surface area contributed by atoms with Crippen LogP contribution in [0.3, 0.4) is 0 Å². The Bertz CT molecular complexity index is 928. The Morgan fingerprint density at radius 2 is 2.07 bits per heavy atom. The molecule has 3 N–H and O–H groups in total. The van der Waals surface area contributed by atoms with Crippen LogP contribution in [0.25, 0.3) is 11.0 Å². The fraction of sp³-hybridized carbons (Fsp3) is 0.400. The van der Waals surface area contributed by atoms with Crippen LogP contribution in [0.15, 0.2) is 47.9 Å². The third-order valence-corrected chi connectivity index (χ3v) is 5.07. The Balaban J connectivity index is 1.57. The third kappa shape index (κ3) is 3.73. The summed E-state index contributed by atoms with van der Waals surface area (Å²) in [5, 5.41) is 10.1. The molecule has 4 rings (SSSR count). The van der Waals surface area contributed by atoms with Gasteiger partial charge in [0, 0.05) is 62.4 Å². The summed E-state index contributed by atoms with van der Waals surface area (Å²) in [6.45, 7) is 5.85. The number of fused-ring (bicyclic) bond motifs is 1. The molecule has 1 aromatic heterocycles. The zero-order valence-electron chi connectivity index (χ0n) is 16.1. The second-order valence-electron chi connectivity index (χ2n) is 7.06. The third-order valence-electron chi connectivity index (χ3n) is 5.07. The first-order valence-corrected chi connectivity index (χ1v) is 9.48. The van der Waals surface area contributed by atoms with Gasteiger partial charge >= 0.3 is 0 Å². The van der Waals surface area contributed by atoms with Crippen molar-refractivity contribution < 1.29 is 9.13 Å². The van der Waals surface area contributed by atoms with Crippen LogP contribution in [-0.4, -0.2) is 54.2 Å². The van der Waals surface area contributed by atoms with Crippen LogP contribution in [0.5, 0.6) is 0 Å². The van der Waals surface area contributed by atoms with Crippen molar-refractivity contribution in [1.29, 1.82) is 0 Å². The molecule has 0 aliphatic carbocycles. The smallest absolute Gasteiger partial charge is 0.140 e. The number of ether oxygens (including phenoxy) is 1. The summed E-state index contributed by atoms with van der Waals surface area (Å²) in [4.78, 5) is 10.7. The van der Waals surface area contributed by atoms with E-state index in [1.54, 1.807) is 25.6 Å². The topological polar surface area (TPSA) is 74.3 Å². The molecular weight excluding hydrogens is 359 g/mol.